The van der Waals surface area contributed by atoms with Gasteiger partial charge in [0.05, 0.1) is 15.4 Å². The number of aromatic nitrogens is 2. The van der Waals surface area contributed by atoms with Gasteiger partial charge in [0.15, 0.2) is 0 Å². The van der Waals surface area contributed by atoms with E-state index in [-0.39, 0.29) is 29.5 Å². The summed E-state index contributed by atoms with van der Waals surface area (Å²) in [5, 5.41) is 6.11. The number of hydrogen-bond acceptors (Lipinski definition) is 5. The number of nitrogens with one attached hydrogen (secondary N) is 2. The van der Waals surface area contributed by atoms with E-state index in [0.29, 0.717) is 20.5 Å². The van der Waals surface area contributed by atoms with E-state index in [9.17, 15) is 14.4 Å². The fourth-order valence-electron chi connectivity index (χ4n) is 3.74. The van der Waals surface area contributed by atoms with Crippen molar-refractivity contribution in [1.29, 1.82) is 0 Å². The van der Waals surface area contributed by atoms with Crippen LogP contribution in [0.4, 0.5) is 0 Å². The highest BCUT2D eigenvalue weighted by atomic mass is 35.5. The second-order valence-electron chi connectivity index (χ2n) is 7.38. The first-order chi connectivity index (χ1) is 15.0. The molecule has 0 bridgehead atoms. The van der Waals surface area contributed by atoms with Crippen molar-refractivity contribution < 1.29 is 9.59 Å². The summed E-state index contributed by atoms with van der Waals surface area (Å²) in [6, 6.07) is 9.92. The molecule has 3 aromatic rings. The van der Waals surface area contributed by atoms with Gasteiger partial charge in [0.2, 0.25) is 0 Å². The van der Waals surface area contributed by atoms with E-state index >= 15 is 0 Å². The van der Waals surface area contributed by atoms with Gasteiger partial charge in [-0.3, -0.25) is 23.9 Å². The lowest BCUT2D eigenvalue weighted by Gasteiger charge is -2.32. The Hall–Kier alpha value is -2.97. The summed E-state index contributed by atoms with van der Waals surface area (Å²) in [6.07, 6.45) is 7.94. The number of carbonyl (C=O) groups excluding carboxylic acids is 2. The summed E-state index contributed by atoms with van der Waals surface area (Å²) < 4.78 is 2.02. The van der Waals surface area contributed by atoms with Gasteiger partial charge in [0, 0.05) is 35.7 Å². The van der Waals surface area contributed by atoms with Gasteiger partial charge in [-0.2, -0.15) is 0 Å². The van der Waals surface area contributed by atoms with Crippen molar-refractivity contribution in [3.05, 3.63) is 80.1 Å². The van der Waals surface area contributed by atoms with Crippen molar-refractivity contribution in [3.63, 3.8) is 0 Å². The highest BCUT2D eigenvalue weighted by Gasteiger charge is 2.28. The van der Waals surface area contributed by atoms with Crippen LogP contribution in [0.15, 0.2) is 59.8 Å². The van der Waals surface area contributed by atoms with Crippen LogP contribution in [0.1, 0.15) is 45.7 Å². The topological polar surface area (TPSA) is 93.1 Å². The quantitative estimate of drug-likeness (QED) is 0.615. The van der Waals surface area contributed by atoms with Crippen LogP contribution in [0.3, 0.4) is 0 Å². The van der Waals surface area contributed by atoms with Crippen molar-refractivity contribution in [2.75, 3.05) is 0 Å². The summed E-state index contributed by atoms with van der Waals surface area (Å²) in [6.45, 7) is 0. The molecular weight excluding hydrogens is 436 g/mol. The average molecular weight is 457 g/mol. The van der Waals surface area contributed by atoms with E-state index in [1.54, 1.807) is 42.6 Å². The Morgan fingerprint density at radius 1 is 1.00 bits per heavy atom. The maximum Gasteiger partial charge on any atom is 0.273 e. The zero-order chi connectivity index (χ0) is 21.8. The summed E-state index contributed by atoms with van der Waals surface area (Å²) in [5.41, 5.74) is 0.903. The number of nitrogens with zero attached hydrogens (tertiary/aromatic N) is 2. The molecule has 0 spiro atoms. The molecule has 2 amide bonds. The van der Waals surface area contributed by atoms with Gasteiger partial charge >= 0.3 is 0 Å². The standard InChI is InChI=1S/C22H21ClN4O3S/c23-19-10-9-18(31-19)22(30)26-17-4-2-1-3-16(17)25-21(29)14-5-7-15(8-6-14)27-12-11-24-13-20(27)28/h5-13,16-17H,1-4H2,(H,25,29)(H,26,30). The van der Waals surface area contributed by atoms with Crippen molar-refractivity contribution in [3.8, 4) is 5.69 Å². The number of benzene rings is 1. The molecule has 9 heteroatoms. The monoisotopic (exact) mass is 456 g/mol. The SMILES string of the molecule is O=C(NC1CCCCC1NC(=O)c1ccc(Cl)s1)c1ccc(-n2ccncc2=O)cc1. The van der Waals surface area contributed by atoms with E-state index in [0.717, 1.165) is 25.7 Å². The maximum atomic E-state index is 12.8. The summed E-state index contributed by atoms with van der Waals surface area (Å²) in [7, 11) is 0. The van der Waals surface area contributed by atoms with Crippen molar-refractivity contribution in [1.82, 2.24) is 20.2 Å². The Morgan fingerprint density at radius 2 is 1.68 bits per heavy atom. The number of rotatable bonds is 5. The molecule has 1 aromatic carbocycles. The van der Waals surface area contributed by atoms with Crippen LogP contribution in [-0.2, 0) is 0 Å². The Morgan fingerprint density at radius 3 is 2.29 bits per heavy atom. The molecule has 2 unspecified atom stereocenters. The van der Waals surface area contributed by atoms with Crippen molar-refractivity contribution in [2.45, 2.75) is 37.8 Å². The fourth-order valence-corrected chi connectivity index (χ4v) is 4.68. The highest BCUT2D eigenvalue weighted by molar-refractivity contribution is 7.18. The number of halogens is 1. The van der Waals surface area contributed by atoms with Crippen LogP contribution >= 0.6 is 22.9 Å². The molecule has 160 valence electrons. The Kier molecular flexibility index (Phi) is 6.48. The maximum absolute atomic E-state index is 12.8. The molecule has 0 radical (unpaired) electrons. The molecule has 1 saturated carbocycles. The second-order valence-corrected chi connectivity index (χ2v) is 9.09. The molecule has 2 heterocycles. The lowest BCUT2D eigenvalue weighted by atomic mass is 9.90. The number of carbonyl (C=O) groups is 2. The molecule has 2 N–H and O–H groups in total. The summed E-state index contributed by atoms with van der Waals surface area (Å²) >= 11 is 7.17. The smallest absolute Gasteiger partial charge is 0.273 e. The van der Waals surface area contributed by atoms with Gasteiger partial charge < -0.3 is 10.6 Å². The van der Waals surface area contributed by atoms with Crippen molar-refractivity contribution in [2.24, 2.45) is 0 Å². The second kappa shape index (κ2) is 9.45. The Bertz CT molecular complexity index is 1140. The largest absolute Gasteiger partial charge is 0.347 e. The van der Waals surface area contributed by atoms with E-state index in [2.05, 4.69) is 15.6 Å². The zero-order valence-corrected chi connectivity index (χ0v) is 18.2. The minimum Gasteiger partial charge on any atom is -0.347 e. The van der Waals surface area contributed by atoms with Gasteiger partial charge in [-0.25, -0.2) is 0 Å². The lowest BCUT2D eigenvalue weighted by molar-refractivity contribution is 0.0865. The normalized spacial score (nSPS) is 18.4. The third-order valence-corrected chi connectivity index (χ3v) is 6.56. The third-order valence-electron chi connectivity index (χ3n) is 5.33. The molecular formula is C22H21ClN4O3S. The Balaban J connectivity index is 1.43. The molecule has 4 rings (SSSR count). The number of hydrogen-bond donors (Lipinski definition) is 2. The molecule has 0 aliphatic heterocycles. The molecule has 1 aliphatic rings. The first kappa shape index (κ1) is 21.3. The predicted molar refractivity (Wildman–Crippen MR) is 120 cm³/mol. The van der Waals surface area contributed by atoms with Crippen LogP contribution in [0.25, 0.3) is 5.69 Å². The Labute approximate surface area is 188 Å². The van der Waals surface area contributed by atoms with Gasteiger partial charge in [-0.05, 0) is 49.2 Å². The molecule has 2 atom stereocenters. The number of amides is 2. The fraction of sp³-hybridized carbons (Fsp3) is 0.273. The molecule has 0 saturated heterocycles. The molecule has 1 fully saturated rings. The zero-order valence-electron chi connectivity index (χ0n) is 16.6. The number of thiophene rings is 1. The van der Waals surface area contributed by atoms with Crippen LogP contribution in [0.2, 0.25) is 4.34 Å². The van der Waals surface area contributed by atoms with E-state index in [4.69, 9.17) is 11.6 Å². The van der Waals surface area contributed by atoms with Gasteiger partial charge in [-0.15, -0.1) is 11.3 Å². The average Bonchev–Trinajstić information content (AvgIpc) is 3.22. The first-order valence-corrected chi connectivity index (χ1v) is 11.2. The van der Waals surface area contributed by atoms with Gasteiger partial charge in [-0.1, -0.05) is 24.4 Å². The summed E-state index contributed by atoms with van der Waals surface area (Å²) in [5.74, 6) is -0.380. The molecule has 2 aromatic heterocycles. The first-order valence-electron chi connectivity index (χ1n) is 10.0. The minimum atomic E-state index is -0.243. The predicted octanol–water partition coefficient (Wildman–Crippen LogP) is 3.42. The highest BCUT2D eigenvalue weighted by Crippen LogP contribution is 2.23. The van der Waals surface area contributed by atoms with E-state index in [1.807, 2.05) is 0 Å². The van der Waals surface area contributed by atoms with Crippen LogP contribution < -0.4 is 16.2 Å². The van der Waals surface area contributed by atoms with Crippen LogP contribution in [0.5, 0.6) is 0 Å². The van der Waals surface area contributed by atoms with E-state index in [1.165, 1.54) is 28.3 Å². The minimum absolute atomic E-state index is 0.138. The van der Waals surface area contributed by atoms with E-state index < -0.39 is 0 Å². The van der Waals surface area contributed by atoms with Crippen molar-refractivity contribution >= 4 is 34.8 Å². The van der Waals surface area contributed by atoms with Gasteiger partial charge in [0.1, 0.15) is 0 Å². The lowest BCUT2D eigenvalue weighted by Crippen LogP contribution is -2.53. The third kappa shape index (κ3) is 5.03. The summed E-state index contributed by atoms with van der Waals surface area (Å²) in [4.78, 5) is 41.6. The van der Waals surface area contributed by atoms with Crippen LogP contribution in [0, 0.1) is 0 Å². The van der Waals surface area contributed by atoms with Gasteiger partial charge in [0.25, 0.3) is 17.4 Å². The molecule has 31 heavy (non-hydrogen) atoms. The molecule has 1 aliphatic carbocycles. The van der Waals surface area contributed by atoms with Crippen LogP contribution in [-0.4, -0.2) is 33.4 Å². The molecule has 7 nitrogen and oxygen atoms in total.